The molecule has 9 aromatic carbocycles. The zero-order valence-electron chi connectivity index (χ0n) is 36.4. The van der Waals surface area contributed by atoms with Gasteiger partial charge in [0, 0.05) is 34.0 Å². The second kappa shape index (κ2) is 17.1. The molecule has 12 aromatic rings. The molecule has 0 bridgehead atoms. The van der Waals surface area contributed by atoms with Crippen molar-refractivity contribution in [3.63, 3.8) is 0 Å². The van der Waals surface area contributed by atoms with Gasteiger partial charge in [0.1, 0.15) is 5.65 Å². The summed E-state index contributed by atoms with van der Waals surface area (Å²) >= 11 is 0. The minimum absolute atomic E-state index is 0.594. The molecule has 0 saturated carbocycles. The number of rotatable bonds is 9. The van der Waals surface area contributed by atoms with Gasteiger partial charge in [0.2, 0.25) is 0 Å². The highest BCUT2D eigenvalue weighted by molar-refractivity contribution is 5.98. The Kier molecular flexibility index (Phi) is 10.1. The quantitative estimate of drug-likeness (QED) is 0.145. The second-order valence-electron chi connectivity index (χ2n) is 16.7. The largest absolute Gasteiger partial charge is 0.299 e. The van der Waals surface area contributed by atoms with Crippen molar-refractivity contribution in [2.24, 2.45) is 0 Å². The maximum atomic E-state index is 5.28. The lowest BCUT2D eigenvalue weighted by Gasteiger charge is -2.14. The molecule has 0 N–H and O–H groups in total. The van der Waals surface area contributed by atoms with E-state index in [0.717, 1.165) is 89.4 Å². The van der Waals surface area contributed by atoms with Crippen LogP contribution in [0, 0.1) is 0 Å². The molecule has 12 rings (SSSR count). The Bertz CT molecular complexity index is 3590. The van der Waals surface area contributed by atoms with Gasteiger partial charge in [-0.1, -0.05) is 212 Å². The molecule has 3 heterocycles. The van der Waals surface area contributed by atoms with E-state index in [0.29, 0.717) is 17.5 Å². The molecular weight excluding hydrogens is 815 g/mol. The van der Waals surface area contributed by atoms with E-state index in [9.17, 15) is 0 Å². The molecule has 0 atom stereocenters. The van der Waals surface area contributed by atoms with Gasteiger partial charge in [0.25, 0.3) is 0 Å². The van der Waals surface area contributed by atoms with E-state index in [1.165, 1.54) is 10.8 Å². The smallest absolute Gasteiger partial charge is 0.164 e. The molecule has 0 aliphatic rings. The van der Waals surface area contributed by atoms with Crippen LogP contribution in [0.15, 0.2) is 249 Å². The second-order valence-corrected chi connectivity index (χ2v) is 16.7. The molecule has 0 amide bonds. The summed E-state index contributed by atoms with van der Waals surface area (Å²) < 4.78 is 2.17. The van der Waals surface area contributed by atoms with Gasteiger partial charge in [-0.2, -0.15) is 0 Å². The molecule has 0 aliphatic heterocycles. The summed E-state index contributed by atoms with van der Waals surface area (Å²) in [6, 6.07) is 85.0. The number of benzene rings is 9. The van der Waals surface area contributed by atoms with Crippen molar-refractivity contribution in [3.8, 4) is 101 Å². The van der Waals surface area contributed by atoms with Crippen LogP contribution in [0.3, 0.4) is 0 Å². The molecule has 5 nitrogen and oxygen atoms in total. The summed E-state index contributed by atoms with van der Waals surface area (Å²) in [6.07, 6.45) is 2.08. The van der Waals surface area contributed by atoms with Crippen molar-refractivity contribution < 1.29 is 0 Å². The molecule has 314 valence electrons. The van der Waals surface area contributed by atoms with E-state index in [1.807, 2.05) is 24.3 Å². The Balaban J connectivity index is 1.01. The van der Waals surface area contributed by atoms with E-state index in [-0.39, 0.29) is 0 Å². The van der Waals surface area contributed by atoms with Crippen LogP contribution in [0.25, 0.3) is 118 Å². The Labute approximate surface area is 389 Å². The highest BCUT2D eigenvalue weighted by atomic mass is 15.0. The van der Waals surface area contributed by atoms with Gasteiger partial charge >= 0.3 is 0 Å². The Morgan fingerprint density at radius 3 is 1.31 bits per heavy atom. The van der Waals surface area contributed by atoms with Crippen LogP contribution in [0.1, 0.15) is 0 Å². The zero-order valence-corrected chi connectivity index (χ0v) is 36.4. The van der Waals surface area contributed by atoms with Crippen LogP contribution in [0.5, 0.6) is 0 Å². The van der Waals surface area contributed by atoms with Crippen LogP contribution < -0.4 is 0 Å². The number of nitrogens with zero attached hydrogens (tertiary/aromatic N) is 5. The van der Waals surface area contributed by atoms with E-state index in [2.05, 4.69) is 229 Å². The third-order valence-corrected chi connectivity index (χ3v) is 12.5. The summed E-state index contributed by atoms with van der Waals surface area (Å²) in [5.74, 6) is 1.81. The van der Waals surface area contributed by atoms with Gasteiger partial charge < -0.3 is 0 Å². The van der Waals surface area contributed by atoms with Gasteiger partial charge in [0.05, 0.1) is 11.4 Å². The fourth-order valence-electron chi connectivity index (χ4n) is 9.09. The van der Waals surface area contributed by atoms with Crippen LogP contribution in [-0.2, 0) is 0 Å². The van der Waals surface area contributed by atoms with Crippen LogP contribution in [0.4, 0.5) is 0 Å². The monoisotopic (exact) mass is 855 g/mol. The molecule has 5 heteroatoms. The maximum Gasteiger partial charge on any atom is 0.164 e. The summed E-state index contributed by atoms with van der Waals surface area (Å²) in [7, 11) is 0. The fourth-order valence-corrected chi connectivity index (χ4v) is 9.09. The van der Waals surface area contributed by atoms with Gasteiger partial charge in [0.15, 0.2) is 17.5 Å². The minimum Gasteiger partial charge on any atom is -0.299 e. The third kappa shape index (κ3) is 7.75. The van der Waals surface area contributed by atoms with Gasteiger partial charge in [-0.25, -0.2) is 19.9 Å². The number of fused-ring (bicyclic) bond motifs is 2. The van der Waals surface area contributed by atoms with Gasteiger partial charge in [-0.05, 0) is 85.6 Å². The van der Waals surface area contributed by atoms with Crippen molar-refractivity contribution in [1.82, 2.24) is 24.3 Å². The first kappa shape index (κ1) is 39.5. The first-order valence-corrected chi connectivity index (χ1v) is 22.5. The average molecular weight is 856 g/mol. The maximum absolute atomic E-state index is 5.28. The Hall–Kier alpha value is -9.06. The highest BCUT2D eigenvalue weighted by Gasteiger charge is 2.19. The van der Waals surface area contributed by atoms with Crippen molar-refractivity contribution in [2.75, 3.05) is 0 Å². The topological polar surface area (TPSA) is 56.0 Å². The molecule has 67 heavy (non-hydrogen) atoms. The third-order valence-electron chi connectivity index (χ3n) is 12.5. The standard InChI is InChI=1S/C62H41N5/c1-4-15-42(16-5-1)44-28-34-50(35-29-44)60-64-61(51-36-30-45(31-37-51)43-17-6-2-7-18-43)66-62(65-60)54-40-52(39-53(41-54)56-24-14-22-47-19-10-11-23-55(47)56)46-26-32-48(33-27-46)58-59(49-20-8-3-9-21-49)67-38-13-12-25-57(67)63-58/h1-41H. The number of pyridine rings is 1. The molecular formula is C62H41N5. The molecule has 0 spiro atoms. The van der Waals surface area contributed by atoms with E-state index in [4.69, 9.17) is 19.9 Å². The molecule has 0 saturated heterocycles. The SMILES string of the molecule is c1ccc(-c2ccc(-c3nc(-c4ccc(-c5ccccc5)cc4)nc(-c4cc(-c5ccc(-c6nc7ccccn7c6-c6ccccc6)cc5)cc(-c5cccc6ccccc56)c4)n3)cc2)cc1. The average Bonchev–Trinajstić information content (AvgIpc) is 3.81. The molecule has 0 aliphatic carbocycles. The predicted molar refractivity (Wildman–Crippen MR) is 275 cm³/mol. The van der Waals surface area contributed by atoms with E-state index in [1.54, 1.807) is 0 Å². The Morgan fingerprint density at radius 2 is 0.701 bits per heavy atom. The van der Waals surface area contributed by atoms with Gasteiger partial charge in [-0.3, -0.25) is 4.40 Å². The minimum atomic E-state index is 0.594. The lowest BCUT2D eigenvalue weighted by molar-refractivity contribution is 1.07. The normalized spacial score (nSPS) is 11.3. The number of hydrogen-bond donors (Lipinski definition) is 0. The lowest BCUT2D eigenvalue weighted by atomic mass is 9.92. The number of imidazole rings is 1. The van der Waals surface area contributed by atoms with Crippen molar-refractivity contribution in [3.05, 3.63) is 249 Å². The van der Waals surface area contributed by atoms with Crippen LogP contribution >= 0.6 is 0 Å². The summed E-state index contributed by atoms with van der Waals surface area (Å²) in [4.78, 5) is 20.9. The van der Waals surface area contributed by atoms with Crippen LogP contribution in [0.2, 0.25) is 0 Å². The van der Waals surface area contributed by atoms with E-state index < -0.39 is 0 Å². The predicted octanol–water partition coefficient (Wildman–Crippen LogP) is 15.7. The van der Waals surface area contributed by atoms with Gasteiger partial charge in [-0.15, -0.1) is 0 Å². The first-order valence-electron chi connectivity index (χ1n) is 22.5. The van der Waals surface area contributed by atoms with Crippen molar-refractivity contribution in [2.45, 2.75) is 0 Å². The van der Waals surface area contributed by atoms with Crippen LogP contribution in [-0.4, -0.2) is 24.3 Å². The van der Waals surface area contributed by atoms with E-state index >= 15 is 0 Å². The summed E-state index contributed by atoms with van der Waals surface area (Å²) in [6.45, 7) is 0. The Morgan fingerprint density at radius 1 is 0.269 bits per heavy atom. The lowest BCUT2D eigenvalue weighted by Crippen LogP contribution is -2.01. The van der Waals surface area contributed by atoms with Crippen molar-refractivity contribution >= 4 is 16.4 Å². The summed E-state index contributed by atoms with van der Waals surface area (Å²) in [5, 5.41) is 2.36. The number of hydrogen-bond acceptors (Lipinski definition) is 4. The summed E-state index contributed by atoms with van der Waals surface area (Å²) in [5.41, 5.74) is 16.7. The number of aromatic nitrogens is 5. The van der Waals surface area contributed by atoms with Crippen molar-refractivity contribution in [1.29, 1.82) is 0 Å². The first-order chi connectivity index (χ1) is 33.2. The molecule has 0 fully saturated rings. The fraction of sp³-hybridized carbons (Fsp3) is 0. The zero-order chi connectivity index (χ0) is 44.5. The molecule has 0 unspecified atom stereocenters. The highest BCUT2D eigenvalue weighted by Crippen LogP contribution is 2.39. The molecule has 0 radical (unpaired) electrons. The molecule has 3 aromatic heterocycles.